The van der Waals surface area contributed by atoms with Crippen LogP contribution in [0, 0.1) is 0 Å². The van der Waals surface area contributed by atoms with E-state index in [0.29, 0.717) is 22.8 Å². The van der Waals surface area contributed by atoms with E-state index < -0.39 is 0 Å². The van der Waals surface area contributed by atoms with Crippen molar-refractivity contribution in [2.24, 2.45) is 0 Å². The third-order valence-electron chi connectivity index (χ3n) is 3.32. The number of nitrogens with one attached hydrogen (secondary N) is 1. The molecule has 4 heteroatoms. The molecule has 0 aliphatic rings. The Balaban J connectivity index is 1.98. The summed E-state index contributed by atoms with van der Waals surface area (Å²) in [5, 5.41) is 1.45. The maximum Gasteiger partial charge on any atom is 0.195 e. The van der Waals surface area contributed by atoms with Crippen LogP contribution >= 0.6 is 11.6 Å². The van der Waals surface area contributed by atoms with Gasteiger partial charge in [0.1, 0.15) is 5.75 Å². The topological polar surface area (TPSA) is 42.1 Å². The lowest BCUT2D eigenvalue weighted by Crippen LogP contribution is -2.00. The third kappa shape index (κ3) is 2.65. The molecule has 0 spiro atoms. The molecule has 3 rings (SSSR count). The fourth-order valence-electron chi connectivity index (χ4n) is 2.31. The molecule has 2 aromatic carbocycles. The van der Waals surface area contributed by atoms with E-state index in [0.717, 1.165) is 16.7 Å². The second-order valence-electron chi connectivity index (χ2n) is 4.68. The first-order chi connectivity index (χ1) is 10.2. The molecule has 0 amide bonds. The number of hydrogen-bond donors (Lipinski definition) is 1. The summed E-state index contributed by atoms with van der Waals surface area (Å²) < 4.78 is 5.38. The molecule has 0 radical (unpaired) electrons. The number of hydrogen-bond acceptors (Lipinski definition) is 2. The highest BCUT2D eigenvalue weighted by Gasteiger charge is 2.14. The van der Waals surface area contributed by atoms with E-state index in [9.17, 15) is 4.79 Å². The Morgan fingerprint density at radius 2 is 1.95 bits per heavy atom. The summed E-state index contributed by atoms with van der Waals surface area (Å²) in [5.41, 5.74) is 2.14. The average molecular weight is 300 g/mol. The summed E-state index contributed by atoms with van der Waals surface area (Å²) in [6, 6.07) is 12.6. The Hall–Kier alpha value is -2.26. The lowest BCUT2D eigenvalue weighted by atomic mass is 10.0. The van der Waals surface area contributed by atoms with Gasteiger partial charge < -0.3 is 9.72 Å². The Labute approximate surface area is 127 Å². The monoisotopic (exact) mass is 299 g/mol. The highest BCUT2D eigenvalue weighted by molar-refractivity contribution is 6.31. The van der Waals surface area contributed by atoms with Crippen molar-refractivity contribution in [2.75, 3.05) is 6.61 Å². The van der Waals surface area contributed by atoms with Crippen molar-refractivity contribution < 1.29 is 9.53 Å². The number of benzene rings is 2. The maximum atomic E-state index is 12.6. The molecule has 21 heavy (non-hydrogen) atoms. The third-order valence-corrected chi connectivity index (χ3v) is 3.55. The zero-order chi connectivity index (χ0) is 14.8. The molecular weight excluding hydrogens is 286 g/mol. The predicted molar refractivity (Wildman–Crippen MR) is 84.4 cm³/mol. The first-order valence-corrected chi connectivity index (χ1v) is 7.11. The number of aromatic nitrogens is 1. The summed E-state index contributed by atoms with van der Waals surface area (Å²) >= 11 is 6.01. The molecule has 0 saturated heterocycles. The van der Waals surface area contributed by atoms with E-state index in [1.54, 1.807) is 42.6 Å². The predicted octanol–water partition coefficient (Wildman–Crippen LogP) is 4.45. The van der Waals surface area contributed by atoms with Crippen molar-refractivity contribution >= 4 is 28.3 Å². The number of fused-ring (bicyclic) bond motifs is 1. The van der Waals surface area contributed by atoms with Gasteiger partial charge >= 0.3 is 0 Å². The van der Waals surface area contributed by atoms with E-state index in [-0.39, 0.29) is 5.78 Å². The maximum absolute atomic E-state index is 12.6. The molecular formula is C17H14ClNO2. The molecule has 1 heterocycles. The van der Waals surface area contributed by atoms with Gasteiger partial charge in [-0.1, -0.05) is 11.6 Å². The largest absolute Gasteiger partial charge is 0.494 e. The molecule has 0 aliphatic heterocycles. The van der Waals surface area contributed by atoms with Crippen molar-refractivity contribution in [3.05, 3.63) is 64.8 Å². The van der Waals surface area contributed by atoms with Crippen molar-refractivity contribution in [3.8, 4) is 5.75 Å². The van der Waals surface area contributed by atoms with Gasteiger partial charge in [0.05, 0.1) is 6.61 Å². The Bertz CT molecular complexity index is 790. The molecule has 0 saturated carbocycles. The standard InChI is InChI=1S/C17H14ClNO2/c1-2-21-13-6-3-11(4-7-13)17(20)15-10-19-16-8-5-12(18)9-14(15)16/h3-10,19H,2H2,1H3. The van der Waals surface area contributed by atoms with Crippen LogP contribution in [0.1, 0.15) is 22.8 Å². The van der Waals surface area contributed by atoms with Crippen LogP contribution in [0.5, 0.6) is 5.75 Å². The molecule has 0 bridgehead atoms. The first kappa shape index (κ1) is 13.7. The minimum atomic E-state index is -0.0356. The summed E-state index contributed by atoms with van der Waals surface area (Å²) in [7, 11) is 0. The molecule has 1 aromatic heterocycles. The van der Waals surface area contributed by atoms with E-state index in [1.807, 2.05) is 13.0 Å². The van der Waals surface area contributed by atoms with Crippen LogP contribution in [0.25, 0.3) is 10.9 Å². The van der Waals surface area contributed by atoms with Crippen LogP contribution in [-0.4, -0.2) is 17.4 Å². The number of aromatic amines is 1. The number of ketones is 1. The number of ether oxygens (including phenoxy) is 1. The van der Waals surface area contributed by atoms with Gasteiger partial charge in [0.2, 0.25) is 0 Å². The van der Waals surface area contributed by atoms with Crippen molar-refractivity contribution in [3.63, 3.8) is 0 Å². The van der Waals surface area contributed by atoms with Gasteiger partial charge in [-0.05, 0) is 49.4 Å². The van der Waals surface area contributed by atoms with Crippen LogP contribution in [0.3, 0.4) is 0 Å². The molecule has 0 fully saturated rings. The fourth-order valence-corrected chi connectivity index (χ4v) is 2.48. The second-order valence-corrected chi connectivity index (χ2v) is 5.12. The molecule has 0 aliphatic carbocycles. The number of carbonyl (C=O) groups excluding carboxylic acids is 1. The quantitative estimate of drug-likeness (QED) is 0.723. The SMILES string of the molecule is CCOc1ccc(C(=O)c2c[nH]c3ccc(Cl)cc23)cc1. The fraction of sp³-hybridized carbons (Fsp3) is 0.118. The van der Waals surface area contributed by atoms with Crippen molar-refractivity contribution in [2.45, 2.75) is 6.92 Å². The van der Waals surface area contributed by atoms with Gasteiger partial charge in [-0.3, -0.25) is 4.79 Å². The number of H-pyrrole nitrogens is 1. The molecule has 3 aromatic rings. The summed E-state index contributed by atoms with van der Waals surface area (Å²) in [6.45, 7) is 2.53. The van der Waals surface area contributed by atoms with Gasteiger partial charge in [-0.2, -0.15) is 0 Å². The van der Waals surface area contributed by atoms with Crippen LogP contribution < -0.4 is 4.74 Å². The summed E-state index contributed by atoms with van der Waals surface area (Å²) in [6.07, 6.45) is 1.72. The molecule has 1 N–H and O–H groups in total. The molecule has 0 unspecified atom stereocenters. The van der Waals surface area contributed by atoms with Crippen molar-refractivity contribution in [1.82, 2.24) is 4.98 Å². The summed E-state index contributed by atoms with van der Waals surface area (Å²) in [5.74, 6) is 0.725. The smallest absolute Gasteiger partial charge is 0.195 e. The van der Waals surface area contributed by atoms with Gasteiger partial charge in [0.15, 0.2) is 5.78 Å². The Kier molecular flexibility index (Phi) is 3.67. The van der Waals surface area contributed by atoms with Crippen LogP contribution in [0.2, 0.25) is 5.02 Å². The lowest BCUT2D eigenvalue weighted by Gasteiger charge is -2.04. The van der Waals surface area contributed by atoms with E-state index in [1.165, 1.54) is 0 Å². The van der Waals surface area contributed by atoms with Crippen molar-refractivity contribution in [1.29, 1.82) is 0 Å². The molecule has 106 valence electrons. The Morgan fingerprint density at radius 1 is 1.19 bits per heavy atom. The number of halogens is 1. The highest BCUT2D eigenvalue weighted by atomic mass is 35.5. The zero-order valence-electron chi connectivity index (χ0n) is 11.5. The van der Waals surface area contributed by atoms with Gasteiger partial charge in [-0.15, -0.1) is 0 Å². The van der Waals surface area contributed by atoms with E-state index >= 15 is 0 Å². The van der Waals surface area contributed by atoms with Crippen LogP contribution in [-0.2, 0) is 0 Å². The minimum absolute atomic E-state index is 0.0356. The number of carbonyl (C=O) groups is 1. The second kappa shape index (κ2) is 5.62. The van der Waals surface area contributed by atoms with E-state index in [2.05, 4.69) is 4.98 Å². The highest BCUT2D eigenvalue weighted by Crippen LogP contribution is 2.25. The normalized spacial score (nSPS) is 10.8. The first-order valence-electron chi connectivity index (χ1n) is 6.73. The van der Waals surface area contributed by atoms with Gasteiger partial charge in [0.25, 0.3) is 0 Å². The Morgan fingerprint density at radius 3 is 2.67 bits per heavy atom. The average Bonchev–Trinajstić information content (AvgIpc) is 2.90. The van der Waals surface area contributed by atoms with Gasteiger partial charge in [-0.25, -0.2) is 0 Å². The van der Waals surface area contributed by atoms with Crippen LogP contribution in [0.15, 0.2) is 48.7 Å². The number of rotatable bonds is 4. The zero-order valence-corrected chi connectivity index (χ0v) is 12.3. The van der Waals surface area contributed by atoms with Gasteiger partial charge in [0, 0.05) is 33.2 Å². The molecule has 3 nitrogen and oxygen atoms in total. The minimum Gasteiger partial charge on any atom is -0.494 e. The lowest BCUT2D eigenvalue weighted by molar-refractivity contribution is 0.104. The summed E-state index contributed by atoms with van der Waals surface area (Å²) in [4.78, 5) is 15.7. The molecule has 0 atom stereocenters. The van der Waals surface area contributed by atoms with Crippen LogP contribution in [0.4, 0.5) is 0 Å². The van der Waals surface area contributed by atoms with E-state index in [4.69, 9.17) is 16.3 Å².